The third-order valence-corrected chi connectivity index (χ3v) is 8.25. The molecule has 1 N–H and O–H groups in total. The van der Waals surface area contributed by atoms with E-state index in [0.29, 0.717) is 37.2 Å². The van der Waals surface area contributed by atoms with E-state index in [0.717, 1.165) is 0 Å². The number of ether oxygens (including phenoxy) is 1. The Bertz CT molecular complexity index is 1070. The first-order valence-electron chi connectivity index (χ1n) is 11.6. The number of aryl methyl sites for hydroxylation is 2. The fourth-order valence-electron chi connectivity index (χ4n) is 4.06. The Kier molecular flexibility index (Phi) is 8.80. The SMILES string of the molecule is Cc1ccccc1S(=O)(=O)N(C)C[C@@H]1OCc2cn(nn2)CCCC(=O)N([C@H](C)CO)C[C@H]1C. The molecule has 3 atom stereocenters. The average Bonchev–Trinajstić information content (AvgIpc) is 3.26. The highest BCUT2D eigenvalue weighted by molar-refractivity contribution is 7.89. The van der Waals surface area contributed by atoms with Gasteiger partial charge in [0.1, 0.15) is 5.69 Å². The summed E-state index contributed by atoms with van der Waals surface area (Å²) in [5, 5.41) is 17.9. The molecule has 0 fully saturated rings. The quantitative estimate of drug-likeness (QED) is 0.647. The number of benzene rings is 1. The minimum atomic E-state index is -3.74. The molecule has 2 aromatic rings. The molecule has 1 amide bonds. The van der Waals surface area contributed by atoms with Crippen LogP contribution in [0.5, 0.6) is 0 Å². The molecular formula is C23H35N5O5S. The minimum Gasteiger partial charge on any atom is -0.394 e. The van der Waals surface area contributed by atoms with Crippen LogP contribution in [0.2, 0.25) is 0 Å². The highest BCUT2D eigenvalue weighted by atomic mass is 32.2. The number of carbonyl (C=O) groups is 1. The molecule has 1 aliphatic heterocycles. The number of fused-ring (bicyclic) bond motifs is 2. The minimum absolute atomic E-state index is 0.0624. The predicted molar refractivity (Wildman–Crippen MR) is 126 cm³/mol. The molecule has 1 aliphatic rings. The summed E-state index contributed by atoms with van der Waals surface area (Å²) < 4.78 is 35.7. The van der Waals surface area contributed by atoms with E-state index in [1.165, 1.54) is 11.4 Å². The largest absolute Gasteiger partial charge is 0.394 e. The zero-order valence-corrected chi connectivity index (χ0v) is 21.1. The summed E-state index contributed by atoms with van der Waals surface area (Å²) in [7, 11) is -2.20. The molecule has 1 aromatic carbocycles. The number of rotatable bonds is 6. The summed E-state index contributed by atoms with van der Waals surface area (Å²) in [6, 6.07) is 6.51. The summed E-state index contributed by atoms with van der Waals surface area (Å²) in [4.78, 5) is 14.9. The van der Waals surface area contributed by atoms with Crippen molar-refractivity contribution in [2.75, 3.05) is 26.7 Å². The first kappa shape index (κ1) is 26.3. The van der Waals surface area contributed by atoms with Crippen molar-refractivity contribution in [1.29, 1.82) is 0 Å². The summed E-state index contributed by atoms with van der Waals surface area (Å²) in [5.41, 5.74) is 1.32. The maximum Gasteiger partial charge on any atom is 0.243 e. The van der Waals surface area contributed by atoms with Crippen LogP contribution in [0.25, 0.3) is 0 Å². The maximum absolute atomic E-state index is 13.3. The van der Waals surface area contributed by atoms with Crippen molar-refractivity contribution >= 4 is 15.9 Å². The Morgan fingerprint density at radius 1 is 1.32 bits per heavy atom. The number of aliphatic hydroxyl groups is 1. The molecule has 188 valence electrons. The van der Waals surface area contributed by atoms with Crippen LogP contribution < -0.4 is 0 Å². The molecule has 0 saturated carbocycles. The van der Waals surface area contributed by atoms with Crippen molar-refractivity contribution < 1.29 is 23.1 Å². The lowest BCUT2D eigenvalue weighted by Gasteiger charge is -2.35. The van der Waals surface area contributed by atoms with Gasteiger partial charge in [-0.25, -0.2) is 8.42 Å². The molecular weight excluding hydrogens is 458 g/mol. The van der Waals surface area contributed by atoms with Gasteiger partial charge in [0.2, 0.25) is 15.9 Å². The zero-order valence-electron chi connectivity index (χ0n) is 20.3. The topological polar surface area (TPSA) is 118 Å². The van der Waals surface area contributed by atoms with Gasteiger partial charge in [-0.05, 0) is 31.9 Å². The molecule has 34 heavy (non-hydrogen) atoms. The predicted octanol–water partition coefficient (Wildman–Crippen LogP) is 1.43. The van der Waals surface area contributed by atoms with E-state index >= 15 is 0 Å². The molecule has 11 heteroatoms. The summed E-state index contributed by atoms with van der Waals surface area (Å²) in [6.07, 6.45) is 2.19. The van der Waals surface area contributed by atoms with E-state index in [1.807, 2.05) is 6.92 Å². The fraction of sp³-hybridized carbons (Fsp3) is 0.609. The second-order valence-electron chi connectivity index (χ2n) is 9.03. The Hall–Kier alpha value is -2.34. The van der Waals surface area contributed by atoms with Crippen LogP contribution in [0, 0.1) is 12.8 Å². The van der Waals surface area contributed by atoms with E-state index < -0.39 is 16.1 Å². The van der Waals surface area contributed by atoms with Crippen molar-refractivity contribution in [3.05, 3.63) is 41.7 Å². The lowest BCUT2D eigenvalue weighted by atomic mass is 10.0. The number of sulfonamides is 1. The number of carbonyl (C=O) groups excluding carboxylic acids is 1. The van der Waals surface area contributed by atoms with Crippen LogP contribution in [0.3, 0.4) is 0 Å². The summed E-state index contributed by atoms with van der Waals surface area (Å²) >= 11 is 0. The summed E-state index contributed by atoms with van der Waals surface area (Å²) in [5.74, 6) is -0.268. The Morgan fingerprint density at radius 2 is 2.06 bits per heavy atom. The van der Waals surface area contributed by atoms with Crippen LogP contribution in [-0.2, 0) is 32.7 Å². The van der Waals surface area contributed by atoms with Crippen LogP contribution in [0.4, 0.5) is 0 Å². The van der Waals surface area contributed by atoms with E-state index in [-0.39, 0.29) is 42.5 Å². The van der Waals surface area contributed by atoms with Crippen molar-refractivity contribution in [2.45, 2.75) is 63.8 Å². The van der Waals surface area contributed by atoms with Crippen molar-refractivity contribution in [3.63, 3.8) is 0 Å². The Balaban J connectivity index is 1.87. The molecule has 2 heterocycles. The van der Waals surface area contributed by atoms with Gasteiger partial charge in [0.05, 0.1) is 36.5 Å². The second kappa shape index (κ2) is 11.4. The van der Waals surface area contributed by atoms with Gasteiger partial charge in [-0.15, -0.1) is 5.10 Å². The standard InChI is InChI=1S/C23H35N5O5S/c1-17-8-5-6-9-22(17)34(31,32)26(4)14-21-18(2)12-28(19(3)15-29)23(30)10-7-11-27-13-20(16-33-21)24-25-27/h5-6,8-9,13,18-19,21,29H,7,10-12,14-16H2,1-4H3/t18-,19-,21+/m1/s1. The number of aromatic nitrogens is 3. The van der Waals surface area contributed by atoms with Crippen LogP contribution >= 0.6 is 0 Å². The number of amides is 1. The molecule has 0 radical (unpaired) electrons. The van der Waals surface area contributed by atoms with Gasteiger partial charge in [-0.1, -0.05) is 30.3 Å². The molecule has 0 spiro atoms. The lowest BCUT2D eigenvalue weighted by Crippen LogP contribution is -2.47. The van der Waals surface area contributed by atoms with Crippen LogP contribution in [0.15, 0.2) is 35.4 Å². The molecule has 10 nitrogen and oxygen atoms in total. The lowest BCUT2D eigenvalue weighted by molar-refractivity contribution is -0.136. The molecule has 3 rings (SSSR count). The molecule has 0 unspecified atom stereocenters. The van der Waals surface area contributed by atoms with Gasteiger partial charge in [0.15, 0.2) is 0 Å². The van der Waals surface area contributed by atoms with E-state index in [1.54, 1.807) is 53.9 Å². The van der Waals surface area contributed by atoms with Gasteiger partial charge in [0, 0.05) is 39.0 Å². The van der Waals surface area contributed by atoms with E-state index in [4.69, 9.17) is 4.74 Å². The first-order valence-corrected chi connectivity index (χ1v) is 13.0. The molecule has 2 bridgehead atoms. The third kappa shape index (κ3) is 6.21. The van der Waals surface area contributed by atoms with Crippen molar-refractivity contribution in [2.24, 2.45) is 5.92 Å². The Morgan fingerprint density at radius 3 is 2.76 bits per heavy atom. The second-order valence-corrected chi connectivity index (χ2v) is 11.0. The van der Waals surface area contributed by atoms with E-state index in [9.17, 15) is 18.3 Å². The van der Waals surface area contributed by atoms with Gasteiger partial charge in [0.25, 0.3) is 0 Å². The molecule has 0 aliphatic carbocycles. The third-order valence-electron chi connectivity index (χ3n) is 6.26. The fourth-order valence-corrected chi connectivity index (χ4v) is 5.46. The molecule has 1 aromatic heterocycles. The average molecular weight is 494 g/mol. The highest BCUT2D eigenvalue weighted by Crippen LogP contribution is 2.22. The number of nitrogens with zero attached hydrogens (tertiary/aromatic N) is 5. The number of likely N-dealkylation sites (N-methyl/N-ethyl adjacent to an activating group) is 1. The highest BCUT2D eigenvalue weighted by Gasteiger charge is 2.31. The Labute approximate surface area is 201 Å². The van der Waals surface area contributed by atoms with E-state index in [2.05, 4.69) is 10.3 Å². The van der Waals surface area contributed by atoms with Gasteiger partial charge in [-0.2, -0.15) is 4.31 Å². The van der Waals surface area contributed by atoms with Gasteiger partial charge in [-0.3, -0.25) is 9.48 Å². The number of hydrogen-bond acceptors (Lipinski definition) is 7. The van der Waals surface area contributed by atoms with Gasteiger partial charge >= 0.3 is 0 Å². The smallest absolute Gasteiger partial charge is 0.243 e. The molecule has 0 saturated heterocycles. The zero-order chi connectivity index (χ0) is 24.9. The monoisotopic (exact) mass is 493 g/mol. The maximum atomic E-state index is 13.3. The van der Waals surface area contributed by atoms with Crippen LogP contribution in [0.1, 0.15) is 37.9 Å². The van der Waals surface area contributed by atoms with Crippen molar-refractivity contribution in [3.8, 4) is 0 Å². The van der Waals surface area contributed by atoms with Crippen molar-refractivity contribution in [1.82, 2.24) is 24.2 Å². The normalized spacial score (nSPS) is 21.6. The summed E-state index contributed by atoms with van der Waals surface area (Å²) in [6.45, 7) is 6.51. The van der Waals surface area contributed by atoms with Gasteiger partial charge < -0.3 is 14.7 Å². The number of aliphatic hydroxyl groups excluding tert-OH is 1. The number of hydrogen-bond donors (Lipinski definition) is 1. The first-order chi connectivity index (χ1) is 16.1. The van der Waals surface area contributed by atoms with Crippen LogP contribution in [-0.4, -0.2) is 82.5 Å².